The molecular formula is C12H18N2S. The van der Waals surface area contributed by atoms with Crippen LogP contribution in [0.4, 0.5) is 0 Å². The predicted octanol–water partition coefficient (Wildman–Crippen LogP) is 3.73. The molecule has 0 radical (unpaired) electrons. The van der Waals surface area contributed by atoms with Gasteiger partial charge in [0.25, 0.3) is 0 Å². The van der Waals surface area contributed by atoms with Crippen LogP contribution in [0.2, 0.25) is 0 Å². The lowest BCUT2D eigenvalue weighted by molar-refractivity contribution is 0.804. The second-order valence-electron chi connectivity index (χ2n) is 4.34. The Balaban J connectivity index is 2.81. The van der Waals surface area contributed by atoms with E-state index in [-0.39, 0.29) is 4.75 Å². The highest BCUT2D eigenvalue weighted by Gasteiger charge is 2.11. The van der Waals surface area contributed by atoms with Gasteiger partial charge in [-0.15, -0.1) is 0 Å². The summed E-state index contributed by atoms with van der Waals surface area (Å²) in [5, 5.41) is 0. The number of hydrogen-bond acceptors (Lipinski definition) is 3. The van der Waals surface area contributed by atoms with Crippen LogP contribution in [0.5, 0.6) is 0 Å². The molecule has 1 aromatic rings. The van der Waals surface area contributed by atoms with Crippen molar-refractivity contribution in [3.63, 3.8) is 0 Å². The fourth-order valence-electron chi connectivity index (χ4n) is 1.05. The zero-order chi connectivity index (χ0) is 11.3. The summed E-state index contributed by atoms with van der Waals surface area (Å²) >= 11 is 1.62. The molecule has 1 aromatic heterocycles. The van der Waals surface area contributed by atoms with E-state index in [1.54, 1.807) is 18.1 Å². The first kappa shape index (κ1) is 12.2. The van der Waals surface area contributed by atoms with Gasteiger partial charge in [0.05, 0.1) is 5.71 Å². The molecule has 3 heteroatoms. The first-order chi connectivity index (χ1) is 7.03. The first-order valence-corrected chi connectivity index (χ1v) is 5.95. The Bertz CT molecular complexity index is 325. The van der Waals surface area contributed by atoms with E-state index in [2.05, 4.69) is 43.1 Å². The molecule has 0 N–H and O–H groups in total. The molecular weight excluding hydrogens is 204 g/mol. The Morgan fingerprint density at radius 2 is 2.20 bits per heavy atom. The summed E-state index contributed by atoms with van der Waals surface area (Å²) in [6.07, 6.45) is 4.59. The molecule has 0 aliphatic carbocycles. The molecule has 0 bridgehead atoms. The third-order valence-electron chi connectivity index (χ3n) is 1.76. The zero-order valence-electron chi connectivity index (χ0n) is 9.82. The molecule has 15 heavy (non-hydrogen) atoms. The van der Waals surface area contributed by atoms with Gasteiger partial charge in [-0.05, 0) is 45.2 Å². The molecule has 0 aromatic carbocycles. The van der Waals surface area contributed by atoms with Crippen LogP contribution in [0.1, 0.15) is 39.7 Å². The van der Waals surface area contributed by atoms with E-state index >= 15 is 0 Å². The number of hydrogen-bond donors (Lipinski definition) is 0. The summed E-state index contributed by atoms with van der Waals surface area (Å²) < 4.78 is 4.75. The molecule has 0 saturated heterocycles. The highest BCUT2D eigenvalue weighted by atomic mass is 32.2. The maximum absolute atomic E-state index is 4.58. The molecule has 1 rings (SSSR count). The van der Waals surface area contributed by atoms with Crippen LogP contribution in [0.25, 0.3) is 0 Å². The van der Waals surface area contributed by atoms with Gasteiger partial charge in [-0.25, -0.2) is 4.40 Å². The summed E-state index contributed by atoms with van der Waals surface area (Å²) in [5.74, 6) is 0. The van der Waals surface area contributed by atoms with Crippen molar-refractivity contribution in [2.24, 2.45) is 4.40 Å². The lowest BCUT2D eigenvalue weighted by Gasteiger charge is -2.14. The molecule has 0 unspecified atom stereocenters. The zero-order valence-corrected chi connectivity index (χ0v) is 10.6. The average Bonchev–Trinajstić information content (AvgIpc) is 2.19. The first-order valence-electron chi connectivity index (χ1n) is 5.18. The quantitative estimate of drug-likeness (QED) is 0.575. The van der Waals surface area contributed by atoms with Gasteiger partial charge in [-0.1, -0.05) is 13.0 Å². The van der Waals surface area contributed by atoms with E-state index in [1.165, 1.54) is 0 Å². The molecule has 0 spiro atoms. The van der Waals surface area contributed by atoms with Gasteiger partial charge in [0.1, 0.15) is 0 Å². The molecule has 0 saturated carbocycles. The van der Waals surface area contributed by atoms with Crippen molar-refractivity contribution in [2.75, 3.05) is 0 Å². The van der Waals surface area contributed by atoms with E-state index in [0.717, 1.165) is 17.7 Å². The third kappa shape index (κ3) is 4.47. The minimum Gasteiger partial charge on any atom is -0.264 e. The normalized spacial score (nSPS) is 12.9. The van der Waals surface area contributed by atoms with Gasteiger partial charge in [0.2, 0.25) is 0 Å². The SMILES string of the molecule is CCC(=NSC(C)(C)C)c1cccnc1. The summed E-state index contributed by atoms with van der Waals surface area (Å²) in [6, 6.07) is 4.00. The van der Waals surface area contributed by atoms with Crippen molar-refractivity contribution in [3.05, 3.63) is 30.1 Å². The Hall–Kier alpha value is -0.830. The van der Waals surface area contributed by atoms with E-state index in [0.29, 0.717) is 0 Å². The Morgan fingerprint density at radius 3 is 2.67 bits per heavy atom. The topological polar surface area (TPSA) is 25.2 Å². The lowest BCUT2D eigenvalue weighted by atomic mass is 10.1. The van der Waals surface area contributed by atoms with Gasteiger partial charge >= 0.3 is 0 Å². The Kier molecular flexibility index (Phi) is 4.33. The monoisotopic (exact) mass is 222 g/mol. The van der Waals surface area contributed by atoms with Crippen LogP contribution in [0.15, 0.2) is 28.9 Å². The molecule has 0 aliphatic heterocycles. The minimum absolute atomic E-state index is 0.169. The number of nitrogens with zero attached hydrogens (tertiary/aromatic N) is 2. The van der Waals surface area contributed by atoms with Crippen LogP contribution < -0.4 is 0 Å². The molecule has 1 heterocycles. The highest BCUT2D eigenvalue weighted by Crippen LogP contribution is 2.25. The molecule has 0 fully saturated rings. The smallest absolute Gasteiger partial charge is 0.0572 e. The summed E-state index contributed by atoms with van der Waals surface area (Å²) in [4.78, 5) is 4.11. The second-order valence-corrected chi connectivity index (χ2v) is 5.93. The fraction of sp³-hybridized carbons (Fsp3) is 0.500. The van der Waals surface area contributed by atoms with Crippen molar-refractivity contribution in [1.82, 2.24) is 4.98 Å². The summed E-state index contributed by atoms with van der Waals surface area (Å²) in [7, 11) is 0. The van der Waals surface area contributed by atoms with Gasteiger partial charge in [-0.2, -0.15) is 0 Å². The lowest BCUT2D eigenvalue weighted by Crippen LogP contribution is -2.07. The molecule has 82 valence electrons. The highest BCUT2D eigenvalue weighted by molar-refractivity contribution is 7.99. The predicted molar refractivity (Wildman–Crippen MR) is 68.4 cm³/mol. The minimum atomic E-state index is 0.169. The van der Waals surface area contributed by atoms with Crippen LogP contribution in [-0.4, -0.2) is 15.4 Å². The van der Waals surface area contributed by atoms with Gasteiger partial charge < -0.3 is 0 Å². The molecule has 2 nitrogen and oxygen atoms in total. The van der Waals surface area contributed by atoms with Crippen LogP contribution in [0, 0.1) is 0 Å². The van der Waals surface area contributed by atoms with Gasteiger partial charge in [0.15, 0.2) is 0 Å². The summed E-state index contributed by atoms with van der Waals surface area (Å²) in [6.45, 7) is 8.61. The summed E-state index contributed by atoms with van der Waals surface area (Å²) in [5.41, 5.74) is 2.24. The average molecular weight is 222 g/mol. The van der Waals surface area contributed by atoms with Crippen molar-refractivity contribution < 1.29 is 0 Å². The van der Waals surface area contributed by atoms with Crippen LogP contribution in [-0.2, 0) is 0 Å². The number of pyridine rings is 1. The maximum Gasteiger partial charge on any atom is 0.0572 e. The van der Waals surface area contributed by atoms with E-state index in [4.69, 9.17) is 0 Å². The maximum atomic E-state index is 4.58. The number of rotatable bonds is 3. The van der Waals surface area contributed by atoms with Crippen molar-refractivity contribution in [2.45, 2.75) is 38.9 Å². The fourth-order valence-corrected chi connectivity index (χ4v) is 1.67. The van der Waals surface area contributed by atoms with Crippen LogP contribution >= 0.6 is 11.9 Å². The third-order valence-corrected chi connectivity index (χ3v) is 2.62. The Labute approximate surface area is 96.4 Å². The molecule has 0 amide bonds. The Morgan fingerprint density at radius 1 is 1.47 bits per heavy atom. The molecule has 0 atom stereocenters. The molecule has 0 aliphatic rings. The standard InChI is InChI=1S/C12H18N2S/c1-5-11(14-15-12(2,3)4)10-7-6-8-13-9-10/h6-9H,5H2,1-4H3. The van der Waals surface area contributed by atoms with Crippen molar-refractivity contribution in [1.29, 1.82) is 0 Å². The van der Waals surface area contributed by atoms with E-state index in [1.807, 2.05) is 12.3 Å². The number of aromatic nitrogens is 1. The van der Waals surface area contributed by atoms with E-state index < -0.39 is 0 Å². The van der Waals surface area contributed by atoms with Gasteiger partial charge in [0, 0.05) is 22.7 Å². The van der Waals surface area contributed by atoms with Crippen molar-refractivity contribution in [3.8, 4) is 0 Å². The largest absolute Gasteiger partial charge is 0.264 e. The van der Waals surface area contributed by atoms with E-state index in [9.17, 15) is 0 Å². The van der Waals surface area contributed by atoms with Crippen LogP contribution in [0.3, 0.4) is 0 Å². The van der Waals surface area contributed by atoms with Gasteiger partial charge in [-0.3, -0.25) is 4.98 Å². The second kappa shape index (κ2) is 5.31. The van der Waals surface area contributed by atoms with Crippen molar-refractivity contribution >= 4 is 17.7 Å².